The summed E-state index contributed by atoms with van der Waals surface area (Å²) < 4.78 is 0. The lowest BCUT2D eigenvalue weighted by molar-refractivity contribution is -0.141. The molecule has 104 valence electrons. The van der Waals surface area contributed by atoms with Crippen LogP contribution in [0.3, 0.4) is 0 Å². The first-order chi connectivity index (χ1) is 9.74. The van der Waals surface area contributed by atoms with E-state index in [1.807, 2.05) is 28.5 Å². The summed E-state index contributed by atoms with van der Waals surface area (Å²) in [6.45, 7) is 1.38. The van der Waals surface area contributed by atoms with Gasteiger partial charge in [0.2, 0.25) is 0 Å². The Morgan fingerprint density at radius 3 is 3.10 bits per heavy atom. The van der Waals surface area contributed by atoms with Crippen molar-refractivity contribution >= 4 is 23.1 Å². The summed E-state index contributed by atoms with van der Waals surface area (Å²) >= 11 is 1.63. The zero-order chi connectivity index (χ0) is 13.9. The van der Waals surface area contributed by atoms with Crippen molar-refractivity contribution in [3.05, 3.63) is 29.9 Å². The molecule has 0 amide bonds. The number of aliphatic carboxylic acids is 1. The minimum absolute atomic E-state index is 0.302. The Bertz CT molecular complexity index is 600. The number of rotatable bonds is 3. The molecule has 1 saturated heterocycles. The van der Waals surface area contributed by atoms with Gasteiger partial charge in [0.05, 0.1) is 16.5 Å². The van der Waals surface area contributed by atoms with Crippen molar-refractivity contribution in [1.82, 2.24) is 9.97 Å². The number of hydrogen-bond acceptors (Lipinski definition) is 5. The molecular weight excluding hydrogens is 274 g/mol. The van der Waals surface area contributed by atoms with Crippen LogP contribution in [-0.4, -0.2) is 34.1 Å². The molecular formula is C14H15N3O2S. The van der Waals surface area contributed by atoms with Crippen molar-refractivity contribution in [2.75, 3.05) is 18.0 Å². The average molecular weight is 289 g/mol. The summed E-state index contributed by atoms with van der Waals surface area (Å²) in [6.07, 6.45) is 3.18. The van der Waals surface area contributed by atoms with E-state index in [4.69, 9.17) is 5.11 Å². The average Bonchev–Trinajstić information content (AvgIpc) is 3.02. The number of carbonyl (C=O) groups is 1. The van der Waals surface area contributed by atoms with E-state index >= 15 is 0 Å². The first kappa shape index (κ1) is 13.1. The van der Waals surface area contributed by atoms with Crippen LogP contribution < -0.4 is 4.90 Å². The van der Waals surface area contributed by atoms with E-state index in [-0.39, 0.29) is 5.92 Å². The third kappa shape index (κ3) is 2.65. The van der Waals surface area contributed by atoms with Gasteiger partial charge in [-0.1, -0.05) is 6.07 Å². The van der Waals surface area contributed by atoms with Crippen LogP contribution in [0.15, 0.2) is 29.9 Å². The van der Waals surface area contributed by atoms with Crippen molar-refractivity contribution in [3.63, 3.8) is 0 Å². The second-order valence-electron chi connectivity index (χ2n) is 4.86. The SMILES string of the molecule is O=C(O)C1CCCN(c2cc(-c3cccs3)ncn2)C1. The highest BCUT2D eigenvalue weighted by molar-refractivity contribution is 7.13. The number of hydrogen-bond donors (Lipinski definition) is 1. The van der Waals surface area contributed by atoms with Crippen LogP contribution in [0.5, 0.6) is 0 Å². The summed E-state index contributed by atoms with van der Waals surface area (Å²) in [5, 5.41) is 11.2. The molecule has 1 atom stereocenters. The number of carboxylic acid groups (broad SMARTS) is 1. The predicted octanol–water partition coefficient (Wildman–Crippen LogP) is 2.51. The van der Waals surface area contributed by atoms with E-state index in [0.29, 0.717) is 6.54 Å². The van der Waals surface area contributed by atoms with Crippen molar-refractivity contribution in [2.45, 2.75) is 12.8 Å². The van der Waals surface area contributed by atoms with Crippen LogP contribution in [0.4, 0.5) is 5.82 Å². The van der Waals surface area contributed by atoms with Crippen LogP contribution in [0, 0.1) is 5.92 Å². The Labute approximate surface area is 120 Å². The molecule has 1 N–H and O–H groups in total. The molecule has 0 aliphatic carbocycles. The van der Waals surface area contributed by atoms with Crippen LogP contribution in [0.2, 0.25) is 0 Å². The monoisotopic (exact) mass is 289 g/mol. The lowest BCUT2D eigenvalue weighted by atomic mass is 9.98. The second-order valence-corrected chi connectivity index (χ2v) is 5.81. The van der Waals surface area contributed by atoms with Gasteiger partial charge in [-0.15, -0.1) is 11.3 Å². The van der Waals surface area contributed by atoms with Crippen LogP contribution in [-0.2, 0) is 4.79 Å². The Balaban J connectivity index is 1.83. The number of carboxylic acids is 1. The van der Waals surface area contributed by atoms with Gasteiger partial charge in [-0.25, -0.2) is 9.97 Å². The Kier molecular flexibility index (Phi) is 3.64. The van der Waals surface area contributed by atoms with E-state index in [9.17, 15) is 4.79 Å². The van der Waals surface area contributed by atoms with Crippen LogP contribution in [0.1, 0.15) is 12.8 Å². The maximum atomic E-state index is 11.1. The van der Waals surface area contributed by atoms with Gasteiger partial charge >= 0.3 is 5.97 Å². The van der Waals surface area contributed by atoms with E-state index < -0.39 is 5.97 Å². The molecule has 0 bridgehead atoms. The molecule has 20 heavy (non-hydrogen) atoms. The third-order valence-corrected chi connectivity index (χ3v) is 4.41. The highest BCUT2D eigenvalue weighted by Crippen LogP contribution is 2.27. The van der Waals surface area contributed by atoms with Gasteiger partial charge in [-0.05, 0) is 24.3 Å². The first-order valence-corrected chi connectivity index (χ1v) is 7.45. The van der Waals surface area contributed by atoms with Gasteiger partial charge < -0.3 is 10.0 Å². The molecule has 2 aromatic heterocycles. The maximum absolute atomic E-state index is 11.1. The minimum Gasteiger partial charge on any atom is -0.481 e. The Hall–Kier alpha value is -1.95. The largest absolute Gasteiger partial charge is 0.481 e. The molecule has 1 aliphatic rings. The van der Waals surface area contributed by atoms with Crippen LogP contribution in [0.25, 0.3) is 10.6 Å². The molecule has 3 heterocycles. The quantitative estimate of drug-likeness (QED) is 0.940. The standard InChI is InChI=1S/C14H15N3O2S/c18-14(19)10-3-1-5-17(8-10)13-7-11(15-9-16-13)12-4-2-6-20-12/h2,4,6-7,9-10H,1,3,5,8H2,(H,18,19). The number of thiophene rings is 1. The topological polar surface area (TPSA) is 66.3 Å². The highest BCUT2D eigenvalue weighted by atomic mass is 32.1. The van der Waals surface area contributed by atoms with Gasteiger partial charge in [0.15, 0.2) is 0 Å². The summed E-state index contributed by atoms with van der Waals surface area (Å²) in [6, 6.07) is 5.95. The lowest BCUT2D eigenvalue weighted by Crippen LogP contribution is -2.39. The van der Waals surface area contributed by atoms with Crippen molar-refractivity contribution in [3.8, 4) is 10.6 Å². The summed E-state index contributed by atoms with van der Waals surface area (Å²) in [7, 11) is 0. The van der Waals surface area contributed by atoms with E-state index in [0.717, 1.165) is 35.8 Å². The maximum Gasteiger partial charge on any atom is 0.308 e. The predicted molar refractivity (Wildman–Crippen MR) is 77.9 cm³/mol. The molecule has 5 nitrogen and oxygen atoms in total. The van der Waals surface area contributed by atoms with E-state index in [1.54, 1.807) is 17.7 Å². The van der Waals surface area contributed by atoms with E-state index in [1.165, 1.54) is 0 Å². The van der Waals surface area contributed by atoms with Gasteiger partial charge in [-0.3, -0.25) is 4.79 Å². The molecule has 3 rings (SSSR count). The first-order valence-electron chi connectivity index (χ1n) is 6.58. The molecule has 0 radical (unpaired) electrons. The lowest BCUT2D eigenvalue weighted by Gasteiger charge is -2.31. The van der Waals surface area contributed by atoms with Crippen molar-refractivity contribution in [2.24, 2.45) is 5.92 Å². The van der Waals surface area contributed by atoms with E-state index in [2.05, 4.69) is 9.97 Å². The zero-order valence-corrected chi connectivity index (χ0v) is 11.7. The fourth-order valence-electron chi connectivity index (χ4n) is 2.47. The molecule has 1 fully saturated rings. The molecule has 0 aromatic carbocycles. The number of piperidine rings is 1. The summed E-state index contributed by atoms with van der Waals surface area (Å²) in [5.74, 6) is -0.208. The molecule has 6 heteroatoms. The van der Waals surface area contributed by atoms with Gasteiger partial charge in [0.25, 0.3) is 0 Å². The molecule has 1 aliphatic heterocycles. The van der Waals surface area contributed by atoms with Crippen LogP contribution >= 0.6 is 11.3 Å². The third-order valence-electron chi connectivity index (χ3n) is 3.52. The Morgan fingerprint density at radius 1 is 1.45 bits per heavy atom. The van der Waals surface area contributed by atoms with Gasteiger partial charge in [-0.2, -0.15) is 0 Å². The summed E-state index contributed by atoms with van der Waals surface area (Å²) in [4.78, 5) is 22.8. The normalized spacial score (nSPS) is 19.0. The minimum atomic E-state index is -0.720. The fraction of sp³-hybridized carbons (Fsp3) is 0.357. The van der Waals surface area contributed by atoms with Crippen molar-refractivity contribution < 1.29 is 9.90 Å². The number of nitrogens with zero attached hydrogens (tertiary/aromatic N) is 3. The number of aromatic nitrogens is 2. The Morgan fingerprint density at radius 2 is 2.35 bits per heavy atom. The molecule has 0 spiro atoms. The zero-order valence-electron chi connectivity index (χ0n) is 10.9. The number of anilines is 1. The smallest absolute Gasteiger partial charge is 0.308 e. The van der Waals surface area contributed by atoms with Gasteiger partial charge in [0.1, 0.15) is 12.1 Å². The van der Waals surface area contributed by atoms with Crippen molar-refractivity contribution in [1.29, 1.82) is 0 Å². The molecule has 1 unspecified atom stereocenters. The summed E-state index contributed by atoms with van der Waals surface area (Å²) in [5.41, 5.74) is 0.891. The van der Waals surface area contributed by atoms with Gasteiger partial charge in [0, 0.05) is 19.2 Å². The molecule has 0 saturated carbocycles. The highest BCUT2D eigenvalue weighted by Gasteiger charge is 2.26. The second kappa shape index (κ2) is 5.58. The molecule has 2 aromatic rings. The fourth-order valence-corrected chi connectivity index (χ4v) is 3.16.